The van der Waals surface area contributed by atoms with Crippen LogP contribution in [0.1, 0.15) is 36.0 Å². The van der Waals surface area contributed by atoms with Crippen LogP contribution in [-0.4, -0.2) is 24.4 Å². The first-order valence-electron chi connectivity index (χ1n) is 9.26. The maximum Gasteiger partial charge on any atom is 0.249 e. The van der Waals surface area contributed by atoms with Gasteiger partial charge in [-0.15, -0.1) is 0 Å². The molecule has 26 heavy (non-hydrogen) atoms. The molecule has 136 valence electrons. The summed E-state index contributed by atoms with van der Waals surface area (Å²) >= 11 is 0. The van der Waals surface area contributed by atoms with Crippen molar-refractivity contribution in [3.8, 4) is 0 Å². The Kier molecular flexibility index (Phi) is 5.71. The Morgan fingerprint density at radius 2 is 1.81 bits per heavy atom. The lowest BCUT2D eigenvalue weighted by Gasteiger charge is -2.18. The van der Waals surface area contributed by atoms with Crippen LogP contribution in [0.25, 0.3) is 0 Å². The lowest BCUT2D eigenvalue weighted by atomic mass is 10.1. The Morgan fingerprint density at radius 1 is 1.12 bits per heavy atom. The van der Waals surface area contributed by atoms with E-state index in [1.54, 1.807) is 4.90 Å². The van der Waals surface area contributed by atoms with E-state index >= 15 is 0 Å². The second-order valence-corrected chi connectivity index (χ2v) is 7.08. The van der Waals surface area contributed by atoms with Crippen molar-refractivity contribution in [2.24, 2.45) is 0 Å². The molecule has 0 saturated carbocycles. The van der Waals surface area contributed by atoms with Crippen molar-refractivity contribution in [1.82, 2.24) is 5.32 Å². The highest BCUT2D eigenvalue weighted by Crippen LogP contribution is 2.24. The van der Waals surface area contributed by atoms with E-state index in [1.165, 1.54) is 5.56 Å². The highest BCUT2D eigenvalue weighted by atomic mass is 16.2. The summed E-state index contributed by atoms with van der Waals surface area (Å²) in [4.78, 5) is 26.7. The van der Waals surface area contributed by atoms with Gasteiger partial charge in [-0.25, -0.2) is 0 Å². The third-order valence-electron chi connectivity index (χ3n) is 4.77. The fourth-order valence-corrected chi connectivity index (χ4v) is 3.54. The molecular weight excluding hydrogens is 324 g/mol. The van der Waals surface area contributed by atoms with Gasteiger partial charge in [-0.3, -0.25) is 9.59 Å². The minimum atomic E-state index is -0.403. The third kappa shape index (κ3) is 4.51. The molecule has 1 saturated heterocycles. The molecule has 2 aromatic carbocycles. The summed E-state index contributed by atoms with van der Waals surface area (Å²) in [6, 6.07) is 15.9. The van der Waals surface area contributed by atoms with Gasteiger partial charge in [-0.2, -0.15) is 0 Å². The number of hydrogen-bond donors (Lipinski definition) is 1. The highest BCUT2D eigenvalue weighted by molar-refractivity contribution is 6.01. The molecule has 1 aliphatic rings. The molecule has 1 N–H and O–H groups in total. The monoisotopic (exact) mass is 350 g/mol. The van der Waals surface area contributed by atoms with Crippen LogP contribution < -0.4 is 10.2 Å². The van der Waals surface area contributed by atoms with Crippen LogP contribution in [0.4, 0.5) is 5.69 Å². The molecule has 0 spiro atoms. The van der Waals surface area contributed by atoms with Gasteiger partial charge >= 0.3 is 0 Å². The number of carbonyl (C=O) groups is 2. The minimum Gasteiger partial charge on any atom is -0.344 e. The lowest BCUT2D eigenvalue weighted by molar-refractivity contribution is -0.126. The standard InChI is InChI=1S/C22H26N2O2/c1-16-13-17(2)15-19(14-16)24-12-11-20(22(24)26)23-21(25)10-6-9-18-7-4-3-5-8-18/h3-5,7-8,13-15,20H,6,9-12H2,1-2H3,(H,23,25). The topological polar surface area (TPSA) is 49.4 Å². The Hall–Kier alpha value is -2.62. The second kappa shape index (κ2) is 8.17. The van der Waals surface area contributed by atoms with Crippen LogP contribution in [0.3, 0.4) is 0 Å². The van der Waals surface area contributed by atoms with E-state index in [1.807, 2.05) is 44.2 Å². The van der Waals surface area contributed by atoms with E-state index in [4.69, 9.17) is 0 Å². The SMILES string of the molecule is Cc1cc(C)cc(N2CCC(NC(=O)CCCc3ccccc3)C2=O)c1. The van der Waals surface area contributed by atoms with Crippen molar-refractivity contribution in [2.45, 2.75) is 45.6 Å². The van der Waals surface area contributed by atoms with Crippen LogP contribution in [0.2, 0.25) is 0 Å². The summed E-state index contributed by atoms with van der Waals surface area (Å²) in [6.45, 7) is 4.71. The van der Waals surface area contributed by atoms with Gasteiger partial charge in [0.25, 0.3) is 0 Å². The molecule has 1 unspecified atom stereocenters. The number of amides is 2. The largest absolute Gasteiger partial charge is 0.344 e. The predicted octanol–water partition coefficient (Wildman–Crippen LogP) is 3.55. The average Bonchev–Trinajstić information content (AvgIpc) is 2.95. The number of nitrogens with zero attached hydrogens (tertiary/aromatic N) is 1. The van der Waals surface area contributed by atoms with E-state index in [-0.39, 0.29) is 11.8 Å². The summed E-state index contributed by atoms with van der Waals surface area (Å²) in [6.07, 6.45) is 2.78. The van der Waals surface area contributed by atoms with Crippen LogP contribution in [0.5, 0.6) is 0 Å². The summed E-state index contributed by atoms with van der Waals surface area (Å²) in [7, 11) is 0. The average molecular weight is 350 g/mol. The molecular formula is C22H26N2O2. The number of hydrogen-bond acceptors (Lipinski definition) is 2. The molecule has 1 heterocycles. The van der Waals surface area contributed by atoms with Gasteiger partial charge in [0.2, 0.25) is 11.8 Å². The number of carbonyl (C=O) groups excluding carboxylic acids is 2. The molecule has 2 amide bonds. The Balaban J connectivity index is 1.51. The maximum atomic E-state index is 12.7. The molecule has 4 heteroatoms. The quantitative estimate of drug-likeness (QED) is 0.866. The second-order valence-electron chi connectivity index (χ2n) is 7.08. The first-order chi connectivity index (χ1) is 12.5. The Labute approximate surface area is 155 Å². The summed E-state index contributed by atoms with van der Waals surface area (Å²) in [5.74, 6) is -0.0482. The highest BCUT2D eigenvalue weighted by Gasteiger charge is 2.33. The molecule has 1 atom stereocenters. The summed E-state index contributed by atoms with van der Waals surface area (Å²) < 4.78 is 0. The van der Waals surface area contributed by atoms with Gasteiger partial charge in [-0.05, 0) is 61.9 Å². The summed E-state index contributed by atoms with van der Waals surface area (Å²) in [5.41, 5.74) is 4.44. The van der Waals surface area contributed by atoms with E-state index in [0.29, 0.717) is 19.4 Å². The smallest absolute Gasteiger partial charge is 0.249 e. The van der Waals surface area contributed by atoms with Gasteiger partial charge in [0, 0.05) is 18.7 Å². The number of benzene rings is 2. The zero-order valence-corrected chi connectivity index (χ0v) is 15.5. The summed E-state index contributed by atoms with van der Waals surface area (Å²) in [5, 5.41) is 2.91. The molecule has 3 rings (SSSR count). The number of anilines is 1. The number of rotatable bonds is 6. The van der Waals surface area contributed by atoms with Crippen LogP contribution in [-0.2, 0) is 16.0 Å². The third-order valence-corrected chi connectivity index (χ3v) is 4.77. The first-order valence-corrected chi connectivity index (χ1v) is 9.26. The number of nitrogens with one attached hydrogen (secondary N) is 1. The Bertz CT molecular complexity index is 766. The van der Waals surface area contributed by atoms with E-state index < -0.39 is 6.04 Å². The van der Waals surface area contributed by atoms with Crippen molar-refractivity contribution in [3.05, 3.63) is 65.2 Å². The van der Waals surface area contributed by atoms with Gasteiger partial charge in [0.15, 0.2) is 0 Å². The van der Waals surface area contributed by atoms with Crippen LogP contribution >= 0.6 is 0 Å². The molecule has 4 nitrogen and oxygen atoms in total. The predicted molar refractivity (Wildman–Crippen MR) is 104 cm³/mol. The van der Waals surface area contributed by atoms with Gasteiger partial charge in [0.1, 0.15) is 6.04 Å². The van der Waals surface area contributed by atoms with Crippen molar-refractivity contribution in [3.63, 3.8) is 0 Å². The van der Waals surface area contributed by atoms with Crippen molar-refractivity contribution >= 4 is 17.5 Å². The first kappa shape index (κ1) is 18.2. The molecule has 1 fully saturated rings. The molecule has 0 aliphatic carbocycles. The fourth-order valence-electron chi connectivity index (χ4n) is 3.54. The molecule has 2 aromatic rings. The lowest BCUT2D eigenvalue weighted by Crippen LogP contribution is -2.41. The molecule has 0 aromatic heterocycles. The Morgan fingerprint density at radius 3 is 2.50 bits per heavy atom. The van der Waals surface area contributed by atoms with E-state index in [9.17, 15) is 9.59 Å². The van der Waals surface area contributed by atoms with Crippen molar-refractivity contribution in [1.29, 1.82) is 0 Å². The van der Waals surface area contributed by atoms with E-state index in [2.05, 4.69) is 23.5 Å². The normalized spacial score (nSPS) is 16.8. The number of aryl methyl sites for hydroxylation is 3. The van der Waals surface area contributed by atoms with E-state index in [0.717, 1.165) is 29.7 Å². The molecule has 1 aliphatic heterocycles. The molecule has 0 radical (unpaired) electrons. The van der Waals surface area contributed by atoms with Gasteiger partial charge in [-0.1, -0.05) is 36.4 Å². The zero-order chi connectivity index (χ0) is 18.5. The maximum absolute atomic E-state index is 12.7. The molecule has 0 bridgehead atoms. The van der Waals surface area contributed by atoms with Crippen LogP contribution in [0.15, 0.2) is 48.5 Å². The van der Waals surface area contributed by atoms with Crippen molar-refractivity contribution in [2.75, 3.05) is 11.4 Å². The van der Waals surface area contributed by atoms with Crippen molar-refractivity contribution < 1.29 is 9.59 Å². The van der Waals surface area contributed by atoms with Gasteiger partial charge < -0.3 is 10.2 Å². The zero-order valence-electron chi connectivity index (χ0n) is 15.5. The van der Waals surface area contributed by atoms with Gasteiger partial charge in [0.05, 0.1) is 0 Å². The fraction of sp³-hybridized carbons (Fsp3) is 0.364. The minimum absolute atomic E-state index is 0.00795. The van der Waals surface area contributed by atoms with Crippen LogP contribution in [0, 0.1) is 13.8 Å².